The van der Waals surface area contributed by atoms with E-state index in [1.165, 1.54) is 0 Å². The monoisotopic (exact) mass is 191 g/mol. The molecule has 0 aromatic rings. The van der Waals surface area contributed by atoms with Crippen molar-refractivity contribution in [2.45, 2.75) is 12.8 Å². The van der Waals surface area contributed by atoms with Gasteiger partial charge < -0.3 is 9.64 Å². The van der Waals surface area contributed by atoms with Gasteiger partial charge in [-0.05, 0) is 38.9 Å². The predicted octanol–water partition coefficient (Wildman–Crippen LogP) is 1.70. The van der Waals surface area contributed by atoms with Crippen LogP contribution in [-0.4, -0.2) is 37.1 Å². The maximum atomic E-state index is 10.3. The Morgan fingerprint density at radius 2 is 2.17 bits per heavy atom. The van der Waals surface area contributed by atoms with Gasteiger partial charge in [0.1, 0.15) is 0 Å². The first-order valence-corrected chi connectivity index (χ1v) is 4.57. The molecule has 0 atom stereocenters. The minimum Gasteiger partial charge on any atom is -0.453 e. The number of carbonyl (C=O) groups is 1. The summed E-state index contributed by atoms with van der Waals surface area (Å²) in [5.74, 6) is 0.504. The van der Waals surface area contributed by atoms with Crippen molar-refractivity contribution in [2.75, 3.05) is 26.7 Å². The highest BCUT2D eigenvalue weighted by Gasteiger charge is 2.17. The van der Waals surface area contributed by atoms with E-state index >= 15 is 0 Å². The lowest BCUT2D eigenvalue weighted by atomic mass is 9.98. The summed E-state index contributed by atoms with van der Waals surface area (Å²) in [6.45, 7) is 2.66. The average Bonchev–Trinajstić information content (AvgIpc) is 2.03. The largest absolute Gasteiger partial charge is 0.453 e. The van der Waals surface area contributed by atoms with Crippen LogP contribution in [0.3, 0.4) is 0 Å². The van der Waals surface area contributed by atoms with Crippen LogP contribution in [0.25, 0.3) is 0 Å². The van der Waals surface area contributed by atoms with Gasteiger partial charge in [0.05, 0.1) is 6.61 Å². The lowest BCUT2D eigenvalue weighted by Crippen LogP contribution is -2.32. The van der Waals surface area contributed by atoms with Crippen LogP contribution in [0.5, 0.6) is 0 Å². The number of nitrogens with zero attached hydrogens (tertiary/aromatic N) is 1. The van der Waals surface area contributed by atoms with Crippen LogP contribution >= 0.6 is 11.6 Å². The Morgan fingerprint density at radius 1 is 1.58 bits per heavy atom. The van der Waals surface area contributed by atoms with E-state index in [0.717, 1.165) is 25.9 Å². The topological polar surface area (TPSA) is 29.5 Å². The maximum absolute atomic E-state index is 10.3. The fourth-order valence-electron chi connectivity index (χ4n) is 1.41. The number of ether oxygens (including phenoxy) is 1. The minimum atomic E-state index is -0.686. The van der Waals surface area contributed by atoms with E-state index in [2.05, 4.69) is 11.9 Å². The summed E-state index contributed by atoms with van der Waals surface area (Å²) in [6.07, 6.45) is 2.20. The summed E-state index contributed by atoms with van der Waals surface area (Å²) in [5, 5.41) is 0. The number of rotatable bonds is 2. The first kappa shape index (κ1) is 9.81. The van der Waals surface area contributed by atoms with Gasteiger partial charge >= 0.3 is 5.43 Å². The summed E-state index contributed by atoms with van der Waals surface area (Å²) in [5.41, 5.74) is -0.686. The number of hydrogen-bond acceptors (Lipinski definition) is 3. The minimum absolute atomic E-state index is 0.482. The summed E-state index contributed by atoms with van der Waals surface area (Å²) >= 11 is 5.05. The molecule has 0 spiro atoms. The predicted molar refractivity (Wildman–Crippen MR) is 47.4 cm³/mol. The van der Waals surface area contributed by atoms with Crippen molar-refractivity contribution in [3.63, 3.8) is 0 Å². The molecule has 1 heterocycles. The molecule has 1 fully saturated rings. The molecule has 1 aliphatic rings. The van der Waals surface area contributed by atoms with Crippen LogP contribution in [-0.2, 0) is 4.74 Å². The number of halogens is 1. The standard InChI is InChI=1S/C8H14ClNO2/c1-10-4-2-7(3-5-10)6-12-8(9)11/h7H,2-6H2,1H3. The molecule has 1 aliphatic heterocycles. The number of piperidine rings is 1. The van der Waals surface area contributed by atoms with Crippen LogP contribution < -0.4 is 0 Å². The average molecular weight is 192 g/mol. The van der Waals surface area contributed by atoms with Crippen LogP contribution in [0, 0.1) is 5.92 Å². The quantitative estimate of drug-likeness (QED) is 0.623. The van der Waals surface area contributed by atoms with E-state index in [4.69, 9.17) is 16.3 Å². The van der Waals surface area contributed by atoms with Gasteiger partial charge in [0.25, 0.3) is 0 Å². The van der Waals surface area contributed by atoms with Crippen LogP contribution in [0.4, 0.5) is 4.79 Å². The molecule has 0 bridgehead atoms. The van der Waals surface area contributed by atoms with E-state index in [9.17, 15) is 4.79 Å². The van der Waals surface area contributed by atoms with Crippen LogP contribution in [0.1, 0.15) is 12.8 Å². The Balaban J connectivity index is 2.13. The summed E-state index contributed by atoms with van der Waals surface area (Å²) in [7, 11) is 2.10. The third-order valence-electron chi connectivity index (χ3n) is 2.27. The number of likely N-dealkylation sites (tertiary alicyclic amines) is 1. The normalized spacial score (nSPS) is 20.8. The summed E-state index contributed by atoms with van der Waals surface area (Å²) < 4.78 is 4.72. The van der Waals surface area contributed by atoms with Crippen molar-refractivity contribution in [1.29, 1.82) is 0 Å². The fourth-order valence-corrected chi connectivity index (χ4v) is 1.48. The van der Waals surface area contributed by atoms with Gasteiger partial charge in [0.2, 0.25) is 0 Å². The molecule has 4 heteroatoms. The number of carbonyl (C=O) groups excluding carboxylic acids is 1. The van der Waals surface area contributed by atoms with E-state index < -0.39 is 5.43 Å². The zero-order valence-corrected chi connectivity index (χ0v) is 8.01. The first-order chi connectivity index (χ1) is 5.68. The lowest BCUT2D eigenvalue weighted by Gasteiger charge is -2.28. The van der Waals surface area contributed by atoms with Crippen molar-refractivity contribution < 1.29 is 9.53 Å². The molecule has 1 rings (SSSR count). The molecule has 0 aliphatic carbocycles. The zero-order valence-electron chi connectivity index (χ0n) is 7.25. The third-order valence-corrected chi connectivity index (χ3v) is 2.38. The zero-order chi connectivity index (χ0) is 8.97. The first-order valence-electron chi connectivity index (χ1n) is 4.19. The molecule has 12 heavy (non-hydrogen) atoms. The van der Waals surface area contributed by atoms with E-state index in [1.54, 1.807) is 0 Å². The molecule has 0 aromatic carbocycles. The molecule has 1 saturated heterocycles. The second kappa shape index (κ2) is 4.67. The summed E-state index contributed by atoms with van der Waals surface area (Å²) in [4.78, 5) is 12.6. The Kier molecular flexibility index (Phi) is 3.82. The Morgan fingerprint density at radius 3 is 2.67 bits per heavy atom. The Labute approximate surface area is 77.6 Å². The molecule has 0 N–H and O–H groups in total. The number of hydrogen-bond donors (Lipinski definition) is 0. The molecular formula is C8H14ClNO2. The van der Waals surface area contributed by atoms with Gasteiger partial charge in [-0.15, -0.1) is 0 Å². The van der Waals surface area contributed by atoms with Crippen molar-refractivity contribution >= 4 is 17.0 Å². The van der Waals surface area contributed by atoms with Gasteiger partial charge in [-0.25, -0.2) is 4.79 Å². The van der Waals surface area contributed by atoms with Crippen LogP contribution in [0.15, 0.2) is 0 Å². The fraction of sp³-hybridized carbons (Fsp3) is 0.875. The second-order valence-electron chi connectivity index (χ2n) is 3.30. The molecule has 0 aromatic heterocycles. The SMILES string of the molecule is CN1CCC(COC(=O)Cl)CC1. The molecule has 0 radical (unpaired) electrons. The maximum Gasteiger partial charge on any atom is 0.403 e. The molecule has 0 saturated carbocycles. The third kappa shape index (κ3) is 3.41. The highest BCUT2D eigenvalue weighted by atomic mass is 35.5. The van der Waals surface area contributed by atoms with Crippen molar-refractivity contribution in [2.24, 2.45) is 5.92 Å². The second-order valence-corrected chi connectivity index (χ2v) is 3.60. The molecule has 0 amide bonds. The highest BCUT2D eigenvalue weighted by molar-refractivity contribution is 6.61. The van der Waals surface area contributed by atoms with Gasteiger partial charge in [-0.3, -0.25) is 0 Å². The van der Waals surface area contributed by atoms with E-state index in [-0.39, 0.29) is 0 Å². The molecular weight excluding hydrogens is 178 g/mol. The van der Waals surface area contributed by atoms with E-state index in [0.29, 0.717) is 12.5 Å². The Bertz CT molecular complexity index is 155. The highest BCUT2D eigenvalue weighted by Crippen LogP contribution is 2.16. The van der Waals surface area contributed by atoms with Gasteiger partial charge in [-0.2, -0.15) is 0 Å². The van der Waals surface area contributed by atoms with Crippen LogP contribution in [0.2, 0.25) is 0 Å². The van der Waals surface area contributed by atoms with Crippen molar-refractivity contribution in [1.82, 2.24) is 4.90 Å². The van der Waals surface area contributed by atoms with E-state index in [1.807, 2.05) is 0 Å². The Hall–Kier alpha value is -0.280. The van der Waals surface area contributed by atoms with Gasteiger partial charge in [0.15, 0.2) is 0 Å². The van der Waals surface area contributed by atoms with Crippen molar-refractivity contribution in [3.05, 3.63) is 0 Å². The molecule has 70 valence electrons. The summed E-state index contributed by atoms with van der Waals surface area (Å²) in [6, 6.07) is 0. The van der Waals surface area contributed by atoms with Gasteiger partial charge in [-0.1, -0.05) is 0 Å². The molecule has 0 unspecified atom stereocenters. The lowest BCUT2D eigenvalue weighted by molar-refractivity contribution is 0.120. The smallest absolute Gasteiger partial charge is 0.403 e. The van der Waals surface area contributed by atoms with Crippen molar-refractivity contribution in [3.8, 4) is 0 Å². The molecule has 3 nitrogen and oxygen atoms in total. The van der Waals surface area contributed by atoms with Gasteiger partial charge in [0, 0.05) is 11.6 Å².